The predicted octanol–water partition coefficient (Wildman–Crippen LogP) is 13.7. The molecular weight excluding hydrogens is 701 g/mol. The zero-order valence-electron chi connectivity index (χ0n) is 36.6. The number of fused-ring (bicyclic) bond motifs is 6. The summed E-state index contributed by atoms with van der Waals surface area (Å²) in [6, 6.07) is 47.0. The van der Waals surface area contributed by atoms with Crippen LogP contribution in [0.3, 0.4) is 0 Å². The van der Waals surface area contributed by atoms with Crippen molar-refractivity contribution >= 4 is 53.3 Å². The summed E-state index contributed by atoms with van der Waals surface area (Å²) in [5.41, 5.74) is 6.62. The number of hydrogen-bond donors (Lipinski definition) is 0. The standard InChI is InChI=1S/C51H32N4S/c1-4-14-33(15-5-1)35-26-28-37(29-27-35)50-52-49(36-18-8-3-9-19-36)53-51(54-50)42-23-12-21-40-39-20-10-11-24-44(39)55(47(40)42)45-25-13-22-41-43-32-38(34-16-6-2-7-17-34)30-31-46(43)56-48(41)45/h1-32H/i10D,11D,12D,20D,21D,23D,24D. The Labute approximate surface area is 337 Å². The van der Waals surface area contributed by atoms with Gasteiger partial charge in [-0.2, -0.15) is 0 Å². The number of thiophene rings is 1. The molecule has 0 aliphatic heterocycles. The molecule has 11 aromatic rings. The molecule has 8 aromatic carbocycles. The van der Waals surface area contributed by atoms with E-state index in [9.17, 15) is 6.85 Å². The highest BCUT2D eigenvalue weighted by Gasteiger charge is 2.22. The minimum atomic E-state index is -0.463. The minimum Gasteiger partial charge on any atom is -0.307 e. The van der Waals surface area contributed by atoms with Crippen LogP contribution in [0.25, 0.3) is 104 Å². The molecule has 262 valence electrons. The van der Waals surface area contributed by atoms with Gasteiger partial charge in [0, 0.05) is 42.9 Å². The number of para-hydroxylation sites is 2. The first-order valence-corrected chi connectivity index (χ1v) is 19.0. The Balaban J connectivity index is 1.25. The quantitative estimate of drug-likeness (QED) is 0.171. The van der Waals surface area contributed by atoms with Gasteiger partial charge in [0.2, 0.25) is 0 Å². The fourth-order valence-corrected chi connectivity index (χ4v) is 8.71. The highest BCUT2D eigenvalue weighted by atomic mass is 32.1. The van der Waals surface area contributed by atoms with Crippen molar-refractivity contribution in [3.05, 3.63) is 194 Å². The lowest BCUT2D eigenvalue weighted by Crippen LogP contribution is -2.02. The Kier molecular flexibility index (Phi) is 6.10. The summed E-state index contributed by atoms with van der Waals surface area (Å²) in [4.78, 5) is 15.0. The van der Waals surface area contributed by atoms with E-state index in [0.29, 0.717) is 28.5 Å². The second-order valence-electron chi connectivity index (χ2n) is 13.5. The fraction of sp³-hybridized carbons (Fsp3) is 0. The molecule has 3 aromatic heterocycles. The second kappa shape index (κ2) is 13.3. The average Bonchev–Trinajstić information content (AvgIpc) is 3.89. The van der Waals surface area contributed by atoms with Crippen LogP contribution in [-0.4, -0.2) is 19.5 Å². The molecule has 0 N–H and O–H groups in total. The predicted molar refractivity (Wildman–Crippen MR) is 234 cm³/mol. The van der Waals surface area contributed by atoms with E-state index in [2.05, 4.69) is 30.3 Å². The molecule has 3 heterocycles. The van der Waals surface area contributed by atoms with Crippen LogP contribution in [0.2, 0.25) is 0 Å². The van der Waals surface area contributed by atoms with Crippen molar-refractivity contribution in [1.29, 1.82) is 0 Å². The molecule has 0 atom stereocenters. The lowest BCUT2D eigenvalue weighted by molar-refractivity contribution is 1.07. The van der Waals surface area contributed by atoms with E-state index in [0.717, 1.165) is 42.4 Å². The van der Waals surface area contributed by atoms with E-state index in [1.54, 1.807) is 15.9 Å². The number of rotatable bonds is 6. The van der Waals surface area contributed by atoms with Crippen LogP contribution in [0.4, 0.5) is 0 Å². The summed E-state index contributed by atoms with van der Waals surface area (Å²) >= 11 is 1.55. The van der Waals surface area contributed by atoms with E-state index >= 15 is 0 Å². The molecule has 4 nitrogen and oxygen atoms in total. The van der Waals surface area contributed by atoms with Crippen molar-refractivity contribution in [3.8, 4) is 62.1 Å². The first-order valence-electron chi connectivity index (χ1n) is 21.7. The van der Waals surface area contributed by atoms with Crippen LogP contribution in [0.5, 0.6) is 0 Å². The van der Waals surface area contributed by atoms with Gasteiger partial charge >= 0.3 is 0 Å². The molecule has 0 saturated carbocycles. The third-order valence-corrected chi connectivity index (χ3v) is 11.4. The largest absolute Gasteiger partial charge is 0.307 e. The molecule has 0 aliphatic rings. The normalized spacial score (nSPS) is 13.3. The maximum Gasteiger partial charge on any atom is 0.166 e. The molecule has 0 spiro atoms. The lowest BCUT2D eigenvalue weighted by atomic mass is 10.0. The van der Waals surface area contributed by atoms with Crippen LogP contribution < -0.4 is 0 Å². The van der Waals surface area contributed by atoms with Gasteiger partial charge in [0.15, 0.2) is 17.5 Å². The molecule has 5 heteroatoms. The third kappa shape index (κ3) is 5.40. The zero-order chi connectivity index (χ0) is 43.1. The minimum absolute atomic E-state index is 0.0600. The SMILES string of the molecule is [2H]c1c([2H])c([2H])c2c(c1[2H])c1c([2H])c([2H])c([2H])c(-c3nc(-c4ccccc4)nc(-c4ccc(-c5ccccc5)cc4)n3)c1n2-c1cccc2c1sc1ccc(-c3ccccc3)cc12. The summed E-state index contributed by atoms with van der Waals surface area (Å²) in [7, 11) is 0. The molecule has 0 radical (unpaired) electrons. The van der Waals surface area contributed by atoms with E-state index < -0.39 is 18.1 Å². The highest BCUT2D eigenvalue weighted by molar-refractivity contribution is 7.26. The van der Waals surface area contributed by atoms with Gasteiger partial charge < -0.3 is 4.57 Å². The first kappa shape index (κ1) is 25.7. The third-order valence-electron chi connectivity index (χ3n) is 10.2. The van der Waals surface area contributed by atoms with Crippen LogP contribution in [0.1, 0.15) is 9.60 Å². The number of aromatic nitrogens is 4. The average molecular weight is 740 g/mol. The smallest absolute Gasteiger partial charge is 0.166 e. The molecule has 0 bridgehead atoms. The Morgan fingerprint density at radius 1 is 0.429 bits per heavy atom. The lowest BCUT2D eigenvalue weighted by Gasteiger charge is -2.13. The molecular formula is C51H32N4S. The summed E-state index contributed by atoms with van der Waals surface area (Å²) in [5, 5.41) is 2.14. The number of benzene rings is 8. The van der Waals surface area contributed by atoms with Crippen molar-refractivity contribution in [2.45, 2.75) is 0 Å². The molecule has 56 heavy (non-hydrogen) atoms. The molecule has 11 rings (SSSR count). The monoisotopic (exact) mass is 739 g/mol. The van der Waals surface area contributed by atoms with Gasteiger partial charge in [-0.15, -0.1) is 11.3 Å². The van der Waals surface area contributed by atoms with Gasteiger partial charge in [0.1, 0.15) is 0 Å². The number of nitrogens with zero attached hydrogens (tertiary/aromatic N) is 4. The number of hydrogen-bond acceptors (Lipinski definition) is 4. The molecule has 0 saturated heterocycles. The Morgan fingerprint density at radius 2 is 1.00 bits per heavy atom. The van der Waals surface area contributed by atoms with Crippen LogP contribution in [0, 0.1) is 0 Å². The van der Waals surface area contributed by atoms with Crippen LogP contribution >= 0.6 is 11.3 Å². The highest BCUT2D eigenvalue weighted by Crippen LogP contribution is 2.44. The van der Waals surface area contributed by atoms with Gasteiger partial charge in [-0.1, -0.05) is 164 Å². The van der Waals surface area contributed by atoms with Gasteiger partial charge in [-0.3, -0.25) is 0 Å². The van der Waals surface area contributed by atoms with E-state index in [1.165, 1.54) is 0 Å². The van der Waals surface area contributed by atoms with Gasteiger partial charge in [0.05, 0.1) is 31.0 Å². The van der Waals surface area contributed by atoms with Gasteiger partial charge in [-0.05, 0) is 52.5 Å². The summed E-state index contributed by atoms with van der Waals surface area (Å²) in [6.45, 7) is 0. The topological polar surface area (TPSA) is 43.6 Å². The van der Waals surface area contributed by atoms with Crippen molar-refractivity contribution < 1.29 is 9.60 Å². The second-order valence-corrected chi connectivity index (χ2v) is 14.5. The van der Waals surface area contributed by atoms with Gasteiger partial charge in [-0.25, -0.2) is 15.0 Å². The summed E-state index contributed by atoms with van der Waals surface area (Å²) < 4.78 is 68.2. The van der Waals surface area contributed by atoms with Crippen molar-refractivity contribution in [3.63, 3.8) is 0 Å². The first-order chi connectivity index (χ1) is 30.7. The molecule has 0 fully saturated rings. The van der Waals surface area contributed by atoms with Crippen molar-refractivity contribution in [2.24, 2.45) is 0 Å². The Hall–Kier alpha value is -7.21. The van der Waals surface area contributed by atoms with E-state index in [1.807, 2.05) is 121 Å². The van der Waals surface area contributed by atoms with Crippen molar-refractivity contribution in [1.82, 2.24) is 19.5 Å². The molecule has 0 unspecified atom stereocenters. The maximum atomic E-state index is 9.62. The zero-order valence-corrected chi connectivity index (χ0v) is 30.4. The molecule has 0 aliphatic carbocycles. The van der Waals surface area contributed by atoms with E-state index in [-0.39, 0.29) is 57.4 Å². The summed E-state index contributed by atoms with van der Waals surface area (Å²) in [6.07, 6.45) is 0. The van der Waals surface area contributed by atoms with Crippen LogP contribution in [0.15, 0.2) is 194 Å². The van der Waals surface area contributed by atoms with Gasteiger partial charge in [0.25, 0.3) is 0 Å². The summed E-state index contributed by atoms with van der Waals surface area (Å²) in [5.74, 6) is 0.703. The van der Waals surface area contributed by atoms with E-state index in [4.69, 9.17) is 17.7 Å². The van der Waals surface area contributed by atoms with Crippen LogP contribution in [-0.2, 0) is 0 Å². The maximum absolute atomic E-state index is 9.62. The fourth-order valence-electron chi connectivity index (χ4n) is 7.52. The Morgan fingerprint density at radius 3 is 1.73 bits per heavy atom. The Bertz CT molecular complexity index is 3630. The molecule has 0 amide bonds. The van der Waals surface area contributed by atoms with Crippen molar-refractivity contribution in [2.75, 3.05) is 0 Å².